The average Bonchev–Trinajstić information content (AvgIpc) is 2.30. The van der Waals surface area contributed by atoms with Crippen LogP contribution in [0.25, 0.3) is 0 Å². The van der Waals surface area contributed by atoms with Gasteiger partial charge in [-0.1, -0.05) is 28.1 Å². The van der Waals surface area contributed by atoms with Crippen LogP contribution < -0.4 is 0 Å². The molecule has 16 heavy (non-hydrogen) atoms. The van der Waals surface area contributed by atoms with Gasteiger partial charge in [0.1, 0.15) is 5.82 Å². The lowest BCUT2D eigenvalue weighted by Crippen LogP contribution is -2.35. The molecule has 0 radical (unpaired) electrons. The molecule has 0 atom stereocenters. The summed E-state index contributed by atoms with van der Waals surface area (Å²) in [5, 5.41) is 0. The minimum Gasteiger partial charge on any atom is -0.303 e. The van der Waals surface area contributed by atoms with Gasteiger partial charge in [-0.2, -0.15) is 0 Å². The Kier molecular flexibility index (Phi) is 4.36. The Morgan fingerprint density at radius 1 is 1.19 bits per heavy atom. The lowest BCUT2D eigenvalue weighted by atomic mass is 10.1. The minimum absolute atomic E-state index is 0.149. The van der Waals surface area contributed by atoms with Gasteiger partial charge in [0.25, 0.3) is 0 Å². The smallest absolute Gasteiger partial charge is 0.123 e. The van der Waals surface area contributed by atoms with Crippen molar-refractivity contribution in [1.29, 1.82) is 0 Å². The largest absolute Gasteiger partial charge is 0.303 e. The van der Waals surface area contributed by atoms with Crippen LogP contribution >= 0.6 is 15.9 Å². The number of nitrogens with zero attached hydrogens (tertiary/aromatic N) is 1. The number of alkyl halides is 1. The van der Waals surface area contributed by atoms with E-state index in [2.05, 4.69) is 20.8 Å². The van der Waals surface area contributed by atoms with Gasteiger partial charge < -0.3 is 4.90 Å². The van der Waals surface area contributed by atoms with Gasteiger partial charge in [0.2, 0.25) is 0 Å². The highest BCUT2D eigenvalue weighted by Gasteiger charge is 2.15. The minimum atomic E-state index is -0.149. The fourth-order valence-electron chi connectivity index (χ4n) is 2.06. The van der Waals surface area contributed by atoms with Crippen molar-refractivity contribution in [1.82, 2.24) is 4.90 Å². The predicted molar refractivity (Wildman–Crippen MR) is 68.5 cm³/mol. The molecule has 0 unspecified atom stereocenters. The molecule has 1 aromatic rings. The molecule has 0 spiro atoms. The van der Waals surface area contributed by atoms with Gasteiger partial charge in [-0.3, -0.25) is 0 Å². The van der Waals surface area contributed by atoms with Gasteiger partial charge in [-0.15, -0.1) is 0 Å². The third-order valence-electron chi connectivity index (χ3n) is 3.15. The van der Waals surface area contributed by atoms with Crippen LogP contribution in [0.15, 0.2) is 24.3 Å². The van der Waals surface area contributed by atoms with Crippen molar-refractivity contribution in [3.8, 4) is 0 Å². The van der Waals surface area contributed by atoms with Gasteiger partial charge in [-0.25, -0.2) is 4.39 Å². The van der Waals surface area contributed by atoms with Crippen molar-refractivity contribution in [3.63, 3.8) is 0 Å². The summed E-state index contributed by atoms with van der Waals surface area (Å²) in [5.74, 6) is -0.149. The normalized spacial score (nSPS) is 18.9. The monoisotopic (exact) mass is 285 g/mol. The first-order valence-corrected chi connectivity index (χ1v) is 6.76. The number of hydrogen-bond acceptors (Lipinski definition) is 1. The van der Waals surface area contributed by atoms with Crippen LogP contribution in [-0.2, 0) is 6.42 Å². The van der Waals surface area contributed by atoms with Gasteiger partial charge in [0, 0.05) is 11.4 Å². The highest BCUT2D eigenvalue weighted by molar-refractivity contribution is 9.09. The van der Waals surface area contributed by atoms with Gasteiger partial charge in [0.15, 0.2) is 0 Å². The molecular weight excluding hydrogens is 269 g/mol. The van der Waals surface area contributed by atoms with E-state index in [-0.39, 0.29) is 5.82 Å². The molecule has 1 aliphatic heterocycles. The van der Waals surface area contributed by atoms with E-state index in [1.54, 1.807) is 12.1 Å². The highest BCUT2D eigenvalue weighted by atomic mass is 79.9. The molecule has 88 valence electrons. The molecular formula is C13H17BrFN. The van der Waals surface area contributed by atoms with E-state index < -0.39 is 0 Å². The molecule has 1 heterocycles. The van der Waals surface area contributed by atoms with Gasteiger partial charge in [0.05, 0.1) is 0 Å². The number of likely N-dealkylation sites (tertiary alicyclic amines) is 1. The van der Waals surface area contributed by atoms with E-state index in [4.69, 9.17) is 0 Å². The molecule has 2 rings (SSSR count). The summed E-state index contributed by atoms with van der Waals surface area (Å²) in [7, 11) is 0. The molecule has 1 aromatic carbocycles. The first-order valence-electron chi connectivity index (χ1n) is 5.85. The zero-order valence-electron chi connectivity index (χ0n) is 9.33. The van der Waals surface area contributed by atoms with Crippen molar-refractivity contribution < 1.29 is 4.39 Å². The number of rotatable bonds is 3. The molecule has 1 aliphatic rings. The predicted octanol–water partition coefficient (Wildman–Crippen LogP) is 3.23. The maximum atomic E-state index is 12.7. The Morgan fingerprint density at radius 3 is 2.44 bits per heavy atom. The molecule has 0 aromatic heterocycles. The van der Waals surface area contributed by atoms with Crippen LogP contribution in [-0.4, -0.2) is 29.4 Å². The molecule has 1 fully saturated rings. The molecule has 0 aliphatic carbocycles. The van der Waals surface area contributed by atoms with Crippen LogP contribution in [0.5, 0.6) is 0 Å². The highest BCUT2D eigenvalue weighted by Crippen LogP contribution is 2.17. The number of hydrogen-bond donors (Lipinski definition) is 0. The van der Waals surface area contributed by atoms with Crippen molar-refractivity contribution in [2.75, 3.05) is 19.6 Å². The van der Waals surface area contributed by atoms with E-state index in [0.29, 0.717) is 4.83 Å². The molecule has 0 saturated carbocycles. The number of piperidine rings is 1. The summed E-state index contributed by atoms with van der Waals surface area (Å²) in [6.45, 7) is 3.44. The second-order valence-corrected chi connectivity index (χ2v) is 5.69. The third kappa shape index (κ3) is 3.56. The molecule has 0 amide bonds. The second kappa shape index (κ2) is 5.78. The van der Waals surface area contributed by atoms with Crippen LogP contribution in [0.3, 0.4) is 0 Å². The SMILES string of the molecule is Fc1ccc(CCN2CCC(Br)CC2)cc1. The van der Waals surface area contributed by atoms with Crippen molar-refractivity contribution in [3.05, 3.63) is 35.6 Å². The van der Waals surface area contributed by atoms with E-state index in [9.17, 15) is 4.39 Å². The first kappa shape index (κ1) is 12.1. The molecule has 1 saturated heterocycles. The summed E-state index contributed by atoms with van der Waals surface area (Å²) in [6.07, 6.45) is 3.50. The summed E-state index contributed by atoms with van der Waals surface area (Å²) in [5.41, 5.74) is 1.22. The van der Waals surface area contributed by atoms with Crippen LogP contribution in [0.4, 0.5) is 4.39 Å². The lowest BCUT2D eigenvalue weighted by molar-refractivity contribution is 0.237. The Labute approximate surface area is 105 Å². The maximum Gasteiger partial charge on any atom is 0.123 e. The Hall–Kier alpha value is -0.410. The standard InChI is InChI=1S/C13H17BrFN/c14-12-6-9-16(10-7-12)8-5-11-1-3-13(15)4-2-11/h1-4,12H,5-10H2. The molecule has 0 bridgehead atoms. The summed E-state index contributed by atoms with van der Waals surface area (Å²) in [4.78, 5) is 3.19. The topological polar surface area (TPSA) is 3.24 Å². The van der Waals surface area contributed by atoms with E-state index >= 15 is 0 Å². The first-order chi connectivity index (χ1) is 7.74. The fourth-order valence-corrected chi connectivity index (χ4v) is 2.47. The molecule has 0 N–H and O–H groups in total. The summed E-state index contributed by atoms with van der Waals surface area (Å²) in [6, 6.07) is 6.85. The lowest BCUT2D eigenvalue weighted by Gasteiger charge is -2.29. The Bertz CT molecular complexity index is 317. The zero-order valence-corrected chi connectivity index (χ0v) is 10.9. The van der Waals surface area contributed by atoms with Crippen LogP contribution in [0.2, 0.25) is 0 Å². The number of halogens is 2. The Balaban J connectivity index is 1.77. The average molecular weight is 286 g/mol. The quantitative estimate of drug-likeness (QED) is 0.771. The van der Waals surface area contributed by atoms with Crippen molar-refractivity contribution in [2.24, 2.45) is 0 Å². The van der Waals surface area contributed by atoms with Crippen LogP contribution in [0, 0.1) is 5.82 Å². The van der Waals surface area contributed by atoms with E-state index in [1.165, 1.54) is 31.5 Å². The van der Waals surface area contributed by atoms with Crippen molar-refractivity contribution >= 4 is 15.9 Å². The molecule has 1 nitrogen and oxygen atoms in total. The second-order valence-electron chi connectivity index (χ2n) is 4.39. The van der Waals surface area contributed by atoms with Gasteiger partial charge >= 0.3 is 0 Å². The molecule has 3 heteroatoms. The van der Waals surface area contributed by atoms with Gasteiger partial charge in [-0.05, 0) is 50.0 Å². The summed E-state index contributed by atoms with van der Waals surface area (Å²) >= 11 is 3.65. The van der Waals surface area contributed by atoms with E-state index in [1.807, 2.05) is 12.1 Å². The van der Waals surface area contributed by atoms with E-state index in [0.717, 1.165) is 13.0 Å². The maximum absolute atomic E-state index is 12.7. The summed E-state index contributed by atoms with van der Waals surface area (Å²) < 4.78 is 12.7. The number of benzene rings is 1. The van der Waals surface area contributed by atoms with Crippen molar-refractivity contribution in [2.45, 2.75) is 24.1 Å². The Morgan fingerprint density at radius 2 is 1.81 bits per heavy atom. The fraction of sp³-hybridized carbons (Fsp3) is 0.538. The van der Waals surface area contributed by atoms with Crippen LogP contribution in [0.1, 0.15) is 18.4 Å². The third-order valence-corrected chi connectivity index (χ3v) is 4.06. The zero-order chi connectivity index (χ0) is 11.4.